The van der Waals surface area contributed by atoms with Crippen molar-refractivity contribution in [2.45, 2.75) is 13.3 Å². The lowest BCUT2D eigenvalue weighted by Gasteiger charge is -2.16. The van der Waals surface area contributed by atoms with Crippen molar-refractivity contribution in [2.75, 3.05) is 14.2 Å². The molecule has 1 atom stereocenters. The fourth-order valence-electron chi connectivity index (χ4n) is 0.743. The smallest absolute Gasteiger partial charge is 0.326 e. The molecule has 13 heavy (non-hydrogen) atoms. The molecule has 0 heterocycles. The maximum absolute atomic E-state index is 11.1. The maximum Gasteiger partial charge on any atom is 0.326 e. The monoisotopic (exact) mass is 185 g/mol. The lowest BCUT2D eigenvalue weighted by atomic mass is 9.89. The van der Waals surface area contributed by atoms with Gasteiger partial charge < -0.3 is 9.47 Å². The van der Waals surface area contributed by atoms with Crippen molar-refractivity contribution in [3.63, 3.8) is 0 Å². The average Bonchev–Trinajstić information content (AvgIpc) is 2.15. The van der Waals surface area contributed by atoms with Crippen molar-refractivity contribution < 1.29 is 19.1 Å². The van der Waals surface area contributed by atoms with E-state index in [9.17, 15) is 9.59 Å². The molecule has 0 rings (SSSR count). The fraction of sp³-hybridized carbons (Fsp3) is 0.625. The first kappa shape index (κ1) is 11.4. The van der Waals surface area contributed by atoms with Gasteiger partial charge in [0.1, 0.15) is 0 Å². The molecule has 0 amide bonds. The van der Waals surface area contributed by atoms with Crippen LogP contribution in [-0.4, -0.2) is 26.2 Å². The van der Waals surface area contributed by atoms with E-state index in [1.54, 1.807) is 6.07 Å². The second-order valence-corrected chi connectivity index (χ2v) is 2.69. The Morgan fingerprint density at radius 3 is 2.23 bits per heavy atom. The number of rotatable bonds is 3. The topological polar surface area (TPSA) is 76.4 Å². The van der Waals surface area contributed by atoms with E-state index in [-0.39, 0.29) is 6.42 Å². The second kappa shape index (κ2) is 4.45. The minimum atomic E-state index is -1.46. The molecular weight excluding hydrogens is 174 g/mol. The van der Waals surface area contributed by atoms with Gasteiger partial charge in [0.25, 0.3) is 0 Å². The van der Waals surface area contributed by atoms with Gasteiger partial charge in [0, 0.05) is 0 Å². The third-order valence-corrected chi connectivity index (χ3v) is 1.61. The molecule has 0 spiro atoms. The van der Waals surface area contributed by atoms with Crippen LogP contribution in [0.4, 0.5) is 0 Å². The van der Waals surface area contributed by atoms with E-state index in [4.69, 9.17) is 5.26 Å². The summed E-state index contributed by atoms with van der Waals surface area (Å²) in [6.07, 6.45) is -0.299. The Labute approximate surface area is 76.2 Å². The fourth-order valence-corrected chi connectivity index (χ4v) is 0.743. The van der Waals surface area contributed by atoms with E-state index < -0.39 is 17.4 Å². The van der Waals surface area contributed by atoms with Crippen LogP contribution in [0, 0.1) is 16.7 Å². The highest BCUT2D eigenvalue weighted by Gasteiger charge is 2.37. The van der Waals surface area contributed by atoms with Crippen molar-refractivity contribution in [1.82, 2.24) is 0 Å². The van der Waals surface area contributed by atoms with E-state index in [2.05, 4.69) is 9.47 Å². The summed E-state index contributed by atoms with van der Waals surface area (Å²) in [7, 11) is 2.35. The van der Waals surface area contributed by atoms with Crippen LogP contribution in [0.25, 0.3) is 0 Å². The number of methoxy groups -OCH3 is 2. The lowest BCUT2D eigenvalue weighted by molar-refractivity contribution is -0.155. The molecule has 0 radical (unpaired) electrons. The van der Waals surface area contributed by atoms with Gasteiger partial charge in [-0.05, 0) is 6.92 Å². The summed E-state index contributed by atoms with van der Waals surface area (Å²) in [6.45, 7) is 1.33. The summed E-state index contributed by atoms with van der Waals surface area (Å²) in [6, 6.07) is 1.72. The molecule has 5 nitrogen and oxygen atoms in total. The number of ether oxygens (including phenoxy) is 2. The average molecular weight is 185 g/mol. The maximum atomic E-state index is 11.1. The van der Waals surface area contributed by atoms with Crippen LogP contribution in [0.3, 0.4) is 0 Å². The highest BCUT2D eigenvalue weighted by atomic mass is 16.5. The van der Waals surface area contributed by atoms with E-state index in [0.29, 0.717) is 0 Å². The van der Waals surface area contributed by atoms with Gasteiger partial charge in [0.05, 0.1) is 26.7 Å². The molecule has 1 unspecified atom stereocenters. The van der Waals surface area contributed by atoms with E-state index >= 15 is 0 Å². The van der Waals surface area contributed by atoms with Crippen LogP contribution in [-0.2, 0) is 19.1 Å². The zero-order valence-corrected chi connectivity index (χ0v) is 7.79. The largest absolute Gasteiger partial charge is 0.469 e. The molecular formula is C8H11NO4. The zero-order valence-electron chi connectivity index (χ0n) is 7.79. The first-order chi connectivity index (χ1) is 6.00. The summed E-state index contributed by atoms with van der Waals surface area (Å²) in [5.74, 6) is -1.35. The SMILES string of the molecule is COC(=O)CC(C)(C#N)C(=O)OC. The van der Waals surface area contributed by atoms with Gasteiger partial charge in [0.2, 0.25) is 0 Å². The highest BCUT2D eigenvalue weighted by molar-refractivity contribution is 5.85. The van der Waals surface area contributed by atoms with Crippen LogP contribution < -0.4 is 0 Å². The van der Waals surface area contributed by atoms with Gasteiger partial charge in [-0.15, -0.1) is 0 Å². The Bertz CT molecular complexity index is 255. The predicted octanol–water partition coefficient (Wildman–Crippen LogP) is 0.252. The third-order valence-electron chi connectivity index (χ3n) is 1.61. The third kappa shape index (κ3) is 2.75. The molecule has 5 heteroatoms. The Morgan fingerprint density at radius 1 is 1.38 bits per heavy atom. The van der Waals surface area contributed by atoms with Crippen molar-refractivity contribution in [2.24, 2.45) is 5.41 Å². The summed E-state index contributed by atoms with van der Waals surface area (Å²) in [5.41, 5.74) is -1.46. The Kier molecular flexibility index (Phi) is 3.92. The Hall–Kier alpha value is -1.57. The van der Waals surface area contributed by atoms with Gasteiger partial charge in [-0.25, -0.2) is 0 Å². The van der Waals surface area contributed by atoms with Crippen LogP contribution in [0.15, 0.2) is 0 Å². The van der Waals surface area contributed by atoms with Crippen molar-refractivity contribution in [3.8, 4) is 6.07 Å². The lowest BCUT2D eigenvalue weighted by Crippen LogP contribution is -2.30. The van der Waals surface area contributed by atoms with Gasteiger partial charge in [-0.3, -0.25) is 9.59 Å². The van der Waals surface area contributed by atoms with E-state index in [0.717, 1.165) is 7.11 Å². The Balaban J connectivity index is 4.57. The first-order valence-electron chi connectivity index (χ1n) is 3.56. The molecule has 0 aliphatic heterocycles. The molecule has 0 saturated heterocycles. The highest BCUT2D eigenvalue weighted by Crippen LogP contribution is 2.22. The van der Waals surface area contributed by atoms with Gasteiger partial charge >= 0.3 is 11.9 Å². The standard InChI is InChI=1S/C8H11NO4/c1-8(5-9,7(11)13-3)4-6(10)12-2/h4H2,1-3H3. The Morgan fingerprint density at radius 2 is 1.92 bits per heavy atom. The number of nitrogens with zero attached hydrogens (tertiary/aromatic N) is 1. The molecule has 0 fully saturated rings. The number of carbonyl (C=O) groups is 2. The number of carbonyl (C=O) groups excluding carboxylic acids is 2. The van der Waals surface area contributed by atoms with Gasteiger partial charge in [0.15, 0.2) is 5.41 Å². The minimum Gasteiger partial charge on any atom is -0.469 e. The normalized spacial score (nSPS) is 13.7. The molecule has 0 saturated carbocycles. The molecule has 0 aliphatic carbocycles. The summed E-state index contributed by atoms with van der Waals surface area (Å²) >= 11 is 0. The molecule has 0 aliphatic rings. The number of nitriles is 1. The van der Waals surface area contributed by atoms with Crippen LogP contribution >= 0.6 is 0 Å². The summed E-state index contributed by atoms with van der Waals surface area (Å²) in [5, 5.41) is 8.67. The minimum absolute atomic E-state index is 0.299. The molecule has 0 N–H and O–H groups in total. The summed E-state index contributed by atoms with van der Waals surface area (Å²) < 4.78 is 8.73. The molecule has 0 aromatic rings. The zero-order chi connectivity index (χ0) is 10.5. The van der Waals surface area contributed by atoms with E-state index in [1.165, 1.54) is 14.0 Å². The van der Waals surface area contributed by atoms with Crippen molar-refractivity contribution in [1.29, 1.82) is 5.26 Å². The number of esters is 2. The van der Waals surface area contributed by atoms with Crippen LogP contribution in [0.5, 0.6) is 0 Å². The molecule has 0 aromatic heterocycles. The van der Waals surface area contributed by atoms with E-state index in [1.807, 2.05) is 0 Å². The first-order valence-corrected chi connectivity index (χ1v) is 3.56. The summed E-state index contributed by atoms with van der Waals surface area (Å²) in [4.78, 5) is 21.9. The van der Waals surface area contributed by atoms with Gasteiger partial charge in [-0.2, -0.15) is 5.26 Å². The van der Waals surface area contributed by atoms with Crippen LogP contribution in [0.1, 0.15) is 13.3 Å². The quantitative estimate of drug-likeness (QED) is 0.589. The number of hydrogen-bond donors (Lipinski definition) is 0. The molecule has 0 bridgehead atoms. The number of hydrogen-bond acceptors (Lipinski definition) is 5. The van der Waals surface area contributed by atoms with Gasteiger partial charge in [-0.1, -0.05) is 0 Å². The molecule has 72 valence electrons. The predicted molar refractivity (Wildman–Crippen MR) is 42.4 cm³/mol. The van der Waals surface area contributed by atoms with Crippen LogP contribution in [0.2, 0.25) is 0 Å². The van der Waals surface area contributed by atoms with Crippen molar-refractivity contribution in [3.05, 3.63) is 0 Å². The van der Waals surface area contributed by atoms with Crippen molar-refractivity contribution >= 4 is 11.9 Å². The molecule has 0 aromatic carbocycles. The second-order valence-electron chi connectivity index (χ2n) is 2.69.